The summed E-state index contributed by atoms with van der Waals surface area (Å²) in [6.45, 7) is 4.26. The first-order valence-corrected chi connectivity index (χ1v) is 15.2. The van der Waals surface area contributed by atoms with E-state index in [-0.39, 0.29) is 17.0 Å². The summed E-state index contributed by atoms with van der Waals surface area (Å²) in [7, 11) is -3.82. The molecule has 8 nitrogen and oxygen atoms in total. The van der Waals surface area contributed by atoms with Gasteiger partial charge >= 0.3 is 0 Å². The van der Waals surface area contributed by atoms with Gasteiger partial charge in [-0.05, 0) is 60.9 Å². The van der Waals surface area contributed by atoms with Crippen molar-refractivity contribution in [3.63, 3.8) is 0 Å². The number of rotatable bonds is 9. The highest BCUT2D eigenvalue weighted by Gasteiger charge is 2.28. The van der Waals surface area contributed by atoms with E-state index < -0.39 is 21.8 Å². The molecule has 2 amide bonds. The number of carbonyl (C=O) groups is 2. The lowest BCUT2D eigenvalue weighted by Gasteiger charge is -2.27. The average Bonchev–Trinajstić information content (AvgIpc) is 3.31. The van der Waals surface area contributed by atoms with Crippen LogP contribution in [0, 0.1) is 0 Å². The quantitative estimate of drug-likeness (QED) is 0.296. The summed E-state index contributed by atoms with van der Waals surface area (Å²) in [5, 5.41) is 3.27. The fourth-order valence-corrected chi connectivity index (χ4v) is 7.71. The predicted octanol–water partition coefficient (Wildman–Crippen LogP) is 4.87. The lowest BCUT2D eigenvalue weighted by Crippen LogP contribution is -2.30. The van der Waals surface area contributed by atoms with Gasteiger partial charge in [0.15, 0.2) is 0 Å². The van der Waals surface area contributed by atoms with Crippen LogP contribution in [-0.2, 0) is 29.5 Å². The summed E-state index contributed by atoms with van der Waals surface area (Å²) in [6, 6.07) is 24.8. The zero-order valence-electron chi connectivity index (χ0n) is 22.0. The van der Waals surface area contributed by atoms with Gasteiger partial charge in [0.2, 0.25) is 0 Å². The molecule has 5 rings (SSSR count). The van der Waals surface area contributed by atoms with Gasteiger partial charge in [0, 0.05) is 36.6 Å². The van der Waals surface area contributed by atoms with Crippen molar-refractivity contribution >= 4 is 43.9 Å². The van der Waals surface area contributed by atoms with Gasteiger partial charge in [-0.3, -0.25) is 18.8 Å². The van der Waals surface area contributed by atoms with E-state index in [0.29, 0.717) is 29.2 Å². The third-order valence-electron chi connectivity index (χ3n) is 6.89. The number of hydrogen-bond acceptors (Lipinski definition) is 6. The lowest BCUT2D eigenvalue weighted by atomic mass is 10.0. The largest absolute Gasteiger partial charge is 0.365 e. The highest BCUT2D eigenvalue weighted by molar-refractivity contribution is 7.92. The molecule has 0 aliphatic carbocycles. The fraction of sp³-hybridized carbons (Fsp3) is 0.200. The zero-order valence-corrected chi connectivity index (χ0v) is 23.7. The molecule has 1 aliphatic heterocycles. The molecule has 0 unspecified atom stereocenters. The number of hydrogen-bond donors (Lipinski definition) is 2. The maximum absolute atomic E-state index is 13.3. The van der Waals surface area contributed by atoms with Crippen molar-refractivity contribution in [2.24, 2.45) is 5.73 Å². The van der Waals surface area contributed by atoms with E-state index in [1.165, 1.54) is 45.5 Å². The first-order valence-electron chi connectivity index (χ1n) is 13.0. The average molecular weight is 575 g/mol. The number of primary amides is 1. The molecule has 3 N–H and O–H groups in total. The van der Waals surface area contributed by atoms with Gasteiger partial charge in [0.25, 0.3) is 21.8 Å². The van der Waals surface area contributed by atoms with E-state index in [9.17, 15) is 18.0 Å². The van der Waals surface area contributed by atoms with E-state index in [0.717, 1.165) is 23.5 Å². The van der Waals surface area contributed by atoms with Gasteiger partial charge in [0.05, 0.1) is 16.1 Å². The summed E-state index contributed by atoms with van der Waals surface area (Å²) in [6.07, 6.45) is 0.661. The molecule has 3 aromatic carbocycles. The van der Waals surface area contributed by atoms with Crippen molar-refractivity contribution in [3.05, 3.63) is 112 Å². The van der Waals surface area contributed by atoms with Gasteiger partial charge in [-0.2, -0.15) is 0 Å². The Labute approximate surface area is 238 Å². The number of amides is 2. The van der Waals surface area contributed by atoms with Crippen molar-refractivity contribution < 1.29 is 18.0 Å². The van der Waals surface area contributed by atoms with Crippen LogP contribution in [0.3, 0.4) is 0 Å². The fourth-order valence-electron chi connectivity index (χ4n) is 4.95. The number of sulfonamides is 1. The Morgan fingerprint density at radius 1 is 0.975 bits per heavy atom. The first kappa shape index (κ1) is 27.6. The number of benzene rings is 3. The van der Waals surface area contributed by atoms with Crippen LogP contribution >= 0.6 is 11.3 Å². The van der Waals surface area contributed by atoms with Crippen LogP contribution in [0.4, 0.5) is 10.7 Å². The topological polar surface area (TPSA) is 113 Å². The number of carbonyl (C=O) groups excluding carboxylic acids is 2. The van der Waals surface area contributed by atoms with Crippen molar-refractivity contribution in [2.75, 3.05) is 22.7 Å². The monoisotopic (exact) mass is 574 g/mol. The van der Waals surface area contributed by atoms with Crippen LogP contribution in [0.25, 0.3) is 0 Å². The van der Waals surface area contributed by atoms with Crippen molar-refractivity contribution in [2.45, 2.75) is 31.3 Å². The summed E-state index contributed by atoms with van der Waals surface area (Å²) >= 11 is 1.36. The van der Waals surface area contributed by atoms with Crippen LogP contribution < -0.4 is 15.4 Å². The molecule has 206 valence electrons. The molecule has 4 aromatic rings. The molecule has 0 saturated heterocycles. The third kappa shape index (κ3) is 5.65. The minimum absolute atomic E-state index is 0.0812. The number of anilines is 2. The maximum atomic E-state index is 13.3. The number of nitrogens with two attached hydrogens (primary N) is 1. The van der Waals surface area contributed by atoms with Crippen LogP contribution in [0.1, 0.15) is 43.6 Å². The summed E-state index contributed by atoms with van der Waals surface area (Å²) in [5.74, 6) is -1.02. The molecule has 0 spiro atoms. The summed E-state index contributed by atoms with van der Waals surface area (Å²) < 4.78 is 27.9. The summed E-state index contributed by atoms with van der Waals surface area (Å²) in [5.41, 5.74) is 9.04. The molecular formula is C30H30N4O4S2. The SMILES string of the molecule is CCN(c1ccccc1)S(=O)(=O)c1ccc(C(=O)Nc2sc3c(c2C(N)=O)CCN(Cc2ccccc2)C3)cc1. The smallest absolute Gasteiger partial charge is 0.264 e. The maximum Gasteiger partial charge on any atom is 0.264 e. The normalized spacial score (nSPS) is 13.4. The van der Waals surface area contributed by atoms with Gasteiger partial charge < -0.3 is 11.1 Å². The Morgan fingerprint density at radius 2 is 1.62 bits per heavy atom. The second-order valence-electron chi connectivity index (χ2n) is 9.50. The van der Waals surface area contributed by atoms with E-state index in [1.54, 1.807) is 31.2 Å². The molecule has 0 atom stereocenters. The number of para-hydroxylation sites is 1. The standard InChI is InChI=1S/C30H30N4O4S2/c1-2-34(23-11-7-4-8-12-23)40(37,38)24-15-13-22(14-16-24)29(36)32-30-27(28(31)35)25-17-18-33(20-26(25)39-30)19-21-9-5-3-6-10-21/h3-16H,2,17-20H2,1H3,(H2,31,35)(H,32,36). The molecule has 1 aromatic heterocycles. The van der Waals surface area contributed by atoms with Gasteiger partial charge in [-0.15, -0.1) is 11.3 Å². The number of thiophene rings is 1. The minimum atomic E-state index is -3.82. The predicted molar refractivity (Wildman–Crippen MR) is 158 cm³/mol. The molecule has 0 saturated carbocycles. The molecule has 0 bridgehead atoms. The van der Waals surface area contributed by atoms with Gasteiger partial charge in [-0.1, -0.05) is 48.5 Å². The molecule has 0 radical (unpaired) electrons. The third-order valence-corrected chi connectivity index (χ3v) is 9.94. The highest BCUT2D eigenvalue weighted by Crippen LogP contribution is 2.37. The van der Waals surface area contributed by atoms with Crippen molar-refractivity contribution in [1.29, 1.82) is 0 Å². The van der Waals surface area contributed by atoms with E-state index in [4.69, 9.17) is 5.73 Å². The van der Waals surface area contributed by atoms with E-state index in [2.05, 4.69) is 22.3 Å². The number of nitrogens with zero attached hydrogens (tertiary/aromatic N) is 2. The highest BCUT2D eigenvalue weighted by atomic mass is 32.2. The Balaban J connectivity index is 1.33. The Morgan fingerprint density at radius 3 is 2.25 bits per heavy atom. The molecular weight excluding hydrogens is 544 g/mol. The minimum Gasteiger partial charge on any atom is -0.365 e. The molecule has 2 heterocycles. The second kappa shape index (κ2) is 11.6. The zero-order chi connectivity index (χ0) is 28.3. The second-order valence-corrected chi connectivity index (χ2v) is 12.5. The summed E-state index contributed by atoms with van der Waals surface area (Å²) in [4.78, 5) is 28.9. The Bertz CT molecular complexity index is 1620. The van der Waals surface area contributed by atoms with E-state index in [1.807, 2.05) is 24.3 Å². The molecule has 40 heavy (non-hydrogen) atoms. The lowest BCUT2D eigenvalue weighted by molar-refractivity contribution is 0.0999. The molecule has 1 aliphatic rings. The Kier molecular flexibility index (Phi) is 8.02. The van der Waals surface area contributed by atoms with Crippen LogP contribution in [0.5, 0.6) is 0 Å². The van der Waals surface area contributed by atoms with Crippen LogP contribution in [0.2, 0.25) is 0 Å². The van der Waals surface area contributed by atoms with E-state index >= 15 is 0 Å². The van der Waals surface area contributed by atoms with Gasteiger partial charge in [-0.25, -0.2) is 8.42 Å². The number of nitrogens with one attached hydrogen (secondary N) is 1. The Hall–Kier alpha value is -3.99. The van der Waals surface area contributed by atoms with Crippen LogP contribution in [-0.4, -0.2) is 38.2 Å². The van der Waals surface area contributed by atoms with Crippen molar-refractivity contribution in [1.82, 2.24) is 4.90 Å². The van der Waals surface area contributed by atoms with Crippen LogP contribution in [0.15, 0.2) is 89.8 Å². The number of fused-ring (bicyclic) bond motifs is 1. The first-order chi connectivity index (χ1) is 19.3. The molecule has 0 fully saturated rings. The van der Waals surface area contributed by atoms with Crippen molar-refractivity contribution in [3.8, 4) is 0 Å². The molecule has 10 heteroatoms. The van der Waals surface area contributed by atoms with Gasteiger partial charge in [0.1, 0.15) is 5.00 Å².